The second kappa shape index (κ2) is 6.22. The summed E-state index contributed by atoms with van der Waals surface area (Å²) in [5.41, 5.74) is 1.24. The van der Waals surface area contributed by atoms with Gasteiger partial charge in [0.1, 0.15) is 12.4 Å². The van der Waals surface area contributed by atoms with Gasteiger partial charge in [-0.05, 0) is 42.8 Å². The zero-order valence-corrected chi connectivity index (χ0v) is 12.3. The van der Waals surface area contributed by atoms with Gasteiger partial charge in [0, 0.05) is 17.6 Å². The zero-order valence-electron chi connectivity index (χ0n) is 10.7. The van der Waals surface area contributed by atoms with Crippen LogP contribution >= 0.6 is 15.9 Å². The highest BCUT2D eigenvalue weighted by Gasteiger charge is 2.12. The van der Waals surface area contributed by atoms with Crippen molar-refractivity contribution in [2.24, 2.45) is 0 Å². The van der Waals surface area contributed by atoms with Gasteiger partial charge >= 0.3 is 0 Å². The normalized spacial score (nSPS) is 11.3. The van der Waals surface area contributed by atoms with Gasteiger partial charge < -0.3 is 10.1 Å². The molecule has 0 atom stereocenters. The molecule has 17 heavy (non-hydrogen) atoms. The van der Waals surface area contributed by atoms with Crippen LogP contribution in [-0.2, 0) is 6.54 Å². The van der Waals surface area contributed by atoms with Crippen molar-refractivity contribution in [1.82, 2.24) is 5.32 Å². The molecule has 0 heterocycles. The van der Waals surface area contributed by atoms with Gasteiger partial charge in [0.2, 0.25) is 0 Å². The maximum absolute atomic E-state index is 5.68. The quantitative estimate of drug-likeness (QED) is 0.832. The van der Waals surface area contributed by atoms with E-state index in [0.29, 0.717) is 6.61 Å². The number of ether oxygens (including phenoxy) is 1. The summed E-state index contributed by atoms with van der Waals surface area (Å²) in [5.74, 6) is 0.893. The van der Waals surface area contributed by atoms with Crippen LogP contribution in [0, 0.1) is 0 Å². The number of rotatable bonds is 5. The van der Waals surface area contributed by atoms with Crippen molar-refractivity contribution in [3.63, 3.8) is 0 Å². The summed E-state index contributed by atoms with van der Waals surface area (Å²) < 4.78 is 6.66. The van der Waals surface area contributed by atoms with Crippen LogP contribution in [-0.4, -0.2) is 12.1 Å². The fourth-order valence-corrected chi connectivity index (χ4v) is 1.88. The molecule has 0 unspecified atom stereocenters. The van der Waals surface area contributed by atoms with E-state index in [1.165, 1.54) is 0 Å². The predicted molar refractivity (Wildman–Crippen MR) is 76.4 cm³/mol. The summed E-state index contributed by atoms with van der Waals surface area (Å²) >= 11 is 3.51. The highest BCUT2D eigenvalue weighted by molar-refractivity contribution is 9.10. The lowest BCUT2D eigenvalue weighted by atomic mass is 10.1. The minimum absolute atomic E-state index is 0.0953. The number of hydrogen-bond donors (Lipinski definition) is 1. The van der Waals surface area contributed by atoms with Gasteiger partial charge in [0.25, 0.3) is 0 Å². The van der Waals surface area contributed by atoms with Crippen LogP contribution in [0.15, 0.2) is 35.3 Å². The van der Waals surface area contributed by atoms with E-state index >= 15 is 0 Å². The number of benzene rings is 1. The summed E-state index contributed by atoms with van der Waals surface area (Å²) in [6, 6.07) is 6.07. The lowest BCUT2D eigenvalue weighted by Crippen LogP contribution is -2.35. The Morgan fingerprint density at radius 2 is 2.12 bits per heavy atom. The SMILES string of the molecule is C=CCOc1c(Br)cccc1CNC(C)(C)C. The Balaban J connectivity index is 2.82. The van der Waals surface area contributed by atoms with Crippen LogP contribution in [0.25, 0.3) is 0 Å². The van der Waals surface area contributed by atoms with Gasteiger partial charge in [-0.1, -0.05) is 24.8 Å². The number of hydrogen-bond acceptors (Lipinski definition) is 2. The topological polar surface area (TPSA) is 21.3 Å². The van der Waals surface area contributed by atoms with Crippen molar-refractivity contribution < 1.29 is 4.74 Å². The first kappa shape index (κ1) is 14.3. The molecular weight excluding hydrogens is 278 g/mol. The summed E-state index contributed by atoms with van der Waals surface area (Å²) in [6.07, 6.45) is 1.75. The molecule has 0 aromatic heterocycles. The molecule has 0 fully saturated rings. The lowest BCUT2D eigenvalue weighted by molar-refractivity contribution is 0.350. The van der Waals surface area contributed by atoms with Crippen molar-refractivity contribution >= 4 is 15.9 Å². The molecule has 0 radical (unpaired) electrons. The maximum atomic E-state index is 5.68. The van der Waals surface area contributed by atoms with Gasteiger partial charge in [0.15, 0.2) is 0 Å². The number of nitrogens with one attached hydrogen (secondary N) is 1. The molecular formula is C14H20BrNO. The molecule has 0 aliphatic carbocycles. The van der Waals surface area contributed by atoms with Gasteiger partial charge in [-0.25, -0.2) is 0 Å². The third-order valence-corrected chi connectivity index (χ3v) is 2.83. The maximum Gasteiger partial charge on any atom is 0.138 e. The molecule has 0 saturated heterocycles. The summed E-state index contributed by atoms with van der Waals surface area (Å²) in [7, 11) is 0. The average Bonchev–Trinajstić information content (AvgIpc) is 2.24. The Hall–Kier alpha value is -0.800. The smallest absolute Gasteiger partial charge is 0.138 e. The molecule has 1 aromatic carbocycles. The van der Waals surface area contributed by atoms with Gasteiger partial charge in [-0.3, -0.25) is 0 Å². The molecule has 1 rings (SSSR count). The average molecular weight is 298 g/mol. The molecule has 0 aliphatic rings. The molecule has 3 heteroatoms. The molecule has 0 bridgehead atoms. The standard InChI is InChI=1S/C14H20BrNO/c1-5-9-17-13-11(7-6-8-12(13)15)10-16-14(2,3)4/h5-8,16H,1,9-10H2,2-4H3. The van der Waals surface area contributed by atoms with Crippen molar-refractivity contribution in [1.29, 1.82) is 0 Å². The summed E-state index contributed by atoms with van der Waals surface area (Å²) in [5, 5.41) is 3.46. The predicted octanol–water partition coefficient (Wildman–Crippen LogP) is 3.90. The van der Waals surface area contributed by atoms with Crippen LogP contribution in [0.5, 0.6) is 5.75 Å². The van der Waals surface area contributed by atoms with E-state index in [4.69, 9.17) is 4.74 Å². The van der Waals surface area contributed by atoms with Crippen LogP contribution in [0.4, 0.5) is 0 Å². The van der Waals surface area contributed by atoms with E-state index in [1.807, 2.05) is 12.1 Å². The molecule has 1 N–H and O–H groups in total. The van der Waals surface area contributed by atoms with Gasteiger partial charge in [-0.15, -0.1) is 0 Å². The third-order valence-electron chi connectivity index (χ3n) is 2.20. The van der Waals surface area contributed by atoms with E-state index in [2.05, 4.69) is 54.7 Å². The van der Waals surface area contributed by atoms with Crippen molar-refractivity contribution in [2.45, 2.75) is 32.9 Å². The second-order valence-electron chi connectivity index (χ2n) is 4.93. The Kier molecular flexibility index (Phi) is 5.22. The highest BCUT2D eigenvalue weighted by Crippen LogP contribution is 2.29. The van der Waals surface area contributed by atoms with E-state index < -0.39 is 0 Å². The van der Waals surface area contributed by atoms with Crippen LogP contribution in [0.1, 0.15) is 26.3 Å². The first-order valence-corrected chi connectivity index (χ1v) is 6.49. The van der Waals surface area contributed by atoms with E-state index in [9.17, 15) is 0 Å². The molecule has 0 spiro atoms. The monoisotopic (exact) mass is 297 g/mol. The van der Waals surface area contributed by atoms with Crippen LogP contribution in [0.2, 0.25) is 0 Å². The fraction of sp³-hybridized carbons (Fsp3) is 0.429. The van der Waals surface area contributed by atoms with Crippen molar-refractivity contribution in [3.8, 4) is 5.75 Å². The first-order chi connectivity index (χ1) is 7.94. The lowest BCUT2D eigenvalue weighted by Gasteiger charge is -2.22. The van der Waals surface area contributed by atoms with Crippen LogP contribution < -0.4 is 10.1 Å². The van der Waals surface area contributed by atoms with E-state index in [-0.39, 0.29) is 5.54 Å². The highest BCUT2D eigenvalue weighted by atomic mass is 79.9. The number of halogens is 1. The summed E-state index contributed by atoms with van der Waals surface area (Å²) in [4.78, 5) is 0. The Morgan fingerprint density at radius 1 is 1.41 bits per heavy atom. The Morgan fingerprint density at radius 3 is 2.71 bits per heavy atom. The number of para-hydroxylation sites is 1. The molecule has 0 aliphatic heterocycles. The van der Waals surface area contributed by atoms with E-state index in [0.717, 1.165) is 22.3 Å². The van der Waals surface area contributed by atoms with E-state index in [1.54, 1.807) is 6.08 Å². The third kappa shape index (κ3) is 4.92. The molecule has 1 aromatic rings. The van der Waals surface area contributed by atoms with Crippen LogP contribution in [0.3, 0.4) is 0 Å². The zero-order chi connectivity index (χ0) is 12.9. The fourth-order valence-electron chi connectivity index (χ4n) is 1.36. The van der Waals surface area contributed by atoms with Gasteiger partial charge in [-0.2, -0.15) is 0 Å². The molecule has 0 amide bonds. The Labute approximate surface area is 112 Å². The molecule has 0 saturated carbocycles. The molecule has 94 valence electrons. The largest absolute Gasteiger partial charge is 0.488 e. The van der Waals surface area contributed by atoms with Crippen molar-refractivity contribution in [3.05, 3.63) is 40.9 Å². The molecule has 2 nitrogen and oxygen atoms in total. The first-order valence-electron chi connectivity index (χ1n) is 5.70. The minimum atomic E-state index is 0.0953. The summed E-state index contributed by atoms with van der Waals surface area (Å²) in [6.45, 7) is 11.4. The van der Waals surface area contributed by atoms with Gasteiger partial charge in [0.05, 0.1) is 4.47 Å². The van der Waals surface area contributed by atoms with Crippen molar-refractivity contribution in [2.75, 3.05) is 6.61 Å². The Bertz CT molecular complexity index is 382. The minimum Gasteiger partial charge on any atom is -0.488 e. The second-order valence-corrected chi connectivity index (χ2v) is 5.79.